The number of carbonyl (C=O) groups excluding carboxylic acids is 1. The lowest BCUT2D eigenvalue weighted by Gasteiger charge is -2.32. The maximum absolute atomic E-state index is 12.0. The van der Waals surface area contributed by atoms with Gasteiger partial charge in [-0.2, -0.15) is 0 Å². The molecule has 0 aliphatic carbocycles. The van der Waals surface area contributed by atoms with Crippen LogP contribution >= 0.6 is 0 Å². The number of rotatable bonds is 3. The molecule has 88 valence electrons. The first-order chi connectivity index (χ1) is 7.66. The standard InChI is InChI=1S/C12H18N2O2/c1-10-9-16-6-5-14(10)8-12(15)11-3-4-13(2)7-11/h3-4,7,10H,5-6,8-9H2,1-2H3. The summed E-state index contributed by atoms with van der Waals surface area (Å²) in [4.78, 5) is 14.2. The second-order valence-corrected chi connectivity index (χ2v) is 4.38. The number of hydrogen-bond acceptors (Lipinski definition) is 3. The number of nitrogens with zero attached hydrogens (tertiary/aromatic N) is 2. The number of ether oxygens (including phenoxy) is 1. The highest BCUT2D eigenvalue weighted by molar-refractivity contribution is 5.97. The molecule has 4 nitrogen and oxygen atoms in total. The molecule has 4 heteroatoms. The van der Waals surface area contributed by atoms with E-state index >= 15 is 0 Å². The van der Waals surface area contributed by atoms with E-state index in [1.54, 1.807) is 0 Å². The Kier molecular flexibility index (Phi) is 3.41. The number of ketones is 1. The van der Waals surface area contributed by atoms with Gasteiger partial charge in [-0.15, -0.1) is 0 Å². The molecule has 1 fully saturated rings. The van der Waals surface area contributed by atoms with E-state index in [9.17, 15) is 4.79 Å². The number of Topliss-reactive ketones (excluding diaryl/α,β-unsaturated/α-hetero) is 1. The summed E-state index contributed by atoms with van der Waals surface area (Å²) < 4.78 is 7.25. The summed E-state index contributed by atoms with van der Waals surface area (Å²) in [5.41, 5.74) is 0.793. The van der Waals surface area contributed by atoms with Gasteiger partial charge in [-0.05, 0) is 13.0 Å². The van der Waals surface area contributed by atoms with Crippen molar-refractivity contribution < 1.29 is 9.53 Å². The van der Waals surface area contributed by atoms with Gasteiger partial charge >= 0.3 is 0 Å². The predicted octanol–water partition coefficient (Wildman–Crippen LogP) is 0.928. The van der Waals surface area contributed by atoms with Gasteiger partial charge < -0.3 is 9.30 Å². The van der Waals surface area contributed by atoms with Crippen LogP contribution in [0.3, 0.4) is 0 Å². The Bertz CT molecular complexity index is 373. The zero-order valence-electron chi connectivity index (χ0n) is 9.85. The minimum Gasteiger partial charge on any atom is -0.379 e. The van der Waals surface area contributed by atoms with Gasteiger partial charge in [0, 0.05) is 37.6 Å². The van der Waals surface area contributed by atoms with Crippen LogP contribution in [-0.2, 0) is 11.8 Å². The van der Waals surface area contributed by atoms with Gasteiger partial charge in [-0.1, -0.05) is 0 Å². The Labute approximate surface area is 95.8 Å². The maximum Gasteiger partial charge on any atom is 0.178 e. The lowest BCUT2D eigenvalue weighted by atomic mass is 10.2. The van der Waals surface area contributed by atoms with Crippen LogP contribution in [0.15, 0.2) is 18.5 Å². The van der Waals surface area contributed by atoms with Crippen molar-refractivity contribution in [3.8, 4) is 0 Å². The van der Waals surface area contributed by atoms with Crippen molar-refractivity contribution >= 4 is 5.78 Å². The molecule has 2 heterocycles. The molecule has 0 N–H and O–H groups in total. The van der Waals surface area contributed by atoms with E-state index in [1.807, 2.05) is 30.1 Å². The molecule has 1 aliphatic rings. The maximum atomic E-state index is 12.0. The molecular formula is C12H18N2O2. The third-order valence-corrected chi connectivity index (χ3v) is 3.01. The van der Waals surface area contributed by atoms with Gasteiger partial charge in [-0.25, -0.2) is 0 Å². The summed E-state index contributed by atoms with van der Waals surface area (Å²) >= 11 is 0. The van der Waals surface area contributed by atoms with Crippen molar-refractivity contribution in [2.24, 2.45) is 7.05 Å². The lowest BCUT2D eigenvalue weighted by molar-refractivity contribution is 0.00201. The first-order valence-corrected chi connectivity index (χ1v) is 5.64. The zero-order chi connectivity index (χ0) is 11.5. The highest BCUT2D eigenvalue weighted by atomic mass is 16.5. The molecule has 16 heavy (non-hydrogen) atoms. The van der Waals surface area contributed by atoms with Crippen molar-refractivity contribution in [3.05, 3.63) is 24.0 Å². The van der Waals surface area contributed by atoms with Crippen molar-refractivity contribution in [1.82, 2.24) is 9.47 Å². The minimum atomic E-state index is 0.189. The molecule has 0 spiro atoms. The van der Waals surface area contributed by atoms with Gasteiger partial charge in [-0.3, -0.25) is 9.69 Å². The van der Waals surface area contributed by atoms with Crippen molar-refractivity contribution in [2.75, 3.05) is 26.3 Å². The highest BCUT2D eigenvalue weighted by Crippen LogP contribution is 2.08. The molecule has 0 amide bonds. The molecule has 1 unspecified atom stereocenters. The van der Waals surface area contributed by atoms with Crippen LogP contribution in [0.2, 0.25) is 0 Å². The smallest absolute Gasteiger partial charge is 0.178 e. The fourth-order valence-corrected chi connectivity index (χ4v) is 1.94. The Morgan fingerprint density at radius 3 is 3.06 bits per heavy atom. The summed E-state index contributed by atoms with van der Waals surface area (Å²) in [6.07, 6.45) is 3.77. The highest BCUT2D eigenvalue weighted by Gasteiger charge is 2.21. The number of morpholine rings is 1. The van der Waals surface area contributed by atoms with E-state index in [-0.39, 0.29) is 5.78 Å². The summed E-state index contributed by atoms with van der Waals surface area (Å²) in [5, 5.41) is 0. The number of hydrogen-bond donors (Lipinski definition) is 0. The fraction of sp³-hybridized carbons (Fsp3) is 0.583. The average Bonchev–Trinajstić information content (AvgIpc) is 2.68. The Balaban J connectivity index is 1.96. The summed E-state index contributed by atoms with van der Waals surface area (Å²) in [7, 11) is 1.92. The lowest BCUT2D eigenvalue weighted by Crippen LogP contribution is -2.45. The van der Waals surface area contributed by atoms with Crippen LogP contribution in [0.25, 0.3) is 0 Å². The van der Waals surface area contributed by atoms with Crippen molar-refractivity contribution in [3.63, 3.8) is 0 Å². The number of aromatic nitrogens is 1. The fourth-order valence-electron chi connectivity index (χ4n) is 1.94. The summed E-state index contributed by atoms with van der Waals surface area (Å²) in [6, 6.07) is 2.20. The first kappa shape index (κ1) is 11.4. The van der Waals surface area contributed by atoms with Crippen molar-refractivity contribution in [2.45, 2.75) is 13.0 Å². The molecule has 0 aromatic carbocycles. The average molecular weight is 222 g/mol. The molecule has 0 bridgehead atoms. The molecule has 1 saturated heterocycles. The van der Waals surface area contributed by atoms with Crippen LogP contribution in [0.4, 0.5) is 0 Å². The first-order valence-electron chi connectivity index (χ1n) is 5.64. The summed E-state index contributed by atoms with van der Waals surface area (Å²) in [6.45, 7) is 4.89. The van der Waals surface area contributed by atoms with Crippen LogP contribution in [0, 0.1) is 0 Å². The van der Waals surface area contributed by atoms with Gasteiger partial charge in [0.15, 0.2) is 5.78 Å². The van der Waals surface area contributed by atoms with Gasteiger partial charge in [0.2, 0.25) is 0 Å². The Morgan fingerprint density at radius 2 is 2.44 bits per heavy atom. The van der Waals surface area contributed by atoms with E-state index in [1.165, 1.54) is 0 Å². The second kappa shape index (κ2) is 4.80. The van der Waals surface area contributed by atoms with Crippen LogP contribution in [0.5, 0.6) is 0 Å². The van der Waals surface area contributed by atoms with Crippen molar-refractivity contribution in [1.29, 1.82) is 0 Å². The normalized spacial score (nSPS) is 22.2. The number of carbonyl (C=O) groups is 1. The van der Waals surface area contributed by atoms with Gasteiger partial charge in [0.05, 0.1) is 19.8 Å². The van der Waals surface area contributed by atoms with E-state index < -0.39 is 0 Å². The van der Waals surface area contributed by atoms with E-state index in [2.05, 4.69) is 11.8 Å². The van der Waals surface area contributed by atoms with E-state index in [4.69, 9.17) is 4.74 Å². The van der Waals surface area contributed by atoms with E-state index in [0.717, 1.165) is 25.3 Å². The molecule has 2 rings (SSSR count). The summed E-state index contributed by atoms with van der Waals surface area (Å²) in [5.74, 6) is 0.189. The molecule has 0 saturated carbocycles. The van der Waals surface area contributed by atoms with Crippen LogP contribution < -0.4 is 0 Å². The number of aryl methyl sites for hydroxylation is 1. The van der Waals surface area contributed by atoms with Gasteiger partial charge in [0.25, 0.3) is 0 Å². The van der Waals surface area contributed by atoms with Gasteiger partial charge in [0.1, 0.15) is 0 Å². The third-order valence-electron chi connectivity index (χ3n) is 3.01. The topological polar surface area (TPSA) is 34.5 Å². The third kappa shape index (κ3) is 2.51. The second-order valence-electron chi connectivity index (χ2n) is 4.38. The molecule has 1 aromatic rings. The molecule has 0 radical (unpaired) electrons. The quantitative estimate of drug-likeness (QED) is 0.713. The molecular weight excluding hydrogens is 204 g/mol. The Hall–Kier alpha value is -1.13. The molecule has 1 aromatic heterocycles. The predicted molar refractivity (Wildman–Crippen MR) is 61.6 cm³/mol. The molecule has 1 atom stereocenters. The zero-order valence-corrected chi connectivity index (χ0v) is 9.85. The monoisotopic (exact) mass is 222 g/mol. The minimum absolute atomic E-state index is 0.189. The Morgan fingerprint density at radius 1 is 1.62 bits per heavy atom. The van der Waals surface area contributed by atoms with Crippen LogP contribution in [-0.4, -0.2) is 47.6 Å². The SMILES string of the molecule is CC1COCCN1CC(=O)c1ccn(C)c1. The molecule has 1 aliphatic heterocycles. The largest absolute Gasteiger partial charge is 0.379 e. The van der Waals surface area contributed by atoms with E-state index in [0.29, 0.717) is 12.6 Å². The van der Waals surface area contributed by atoms with Crippen LogP contribution in [0.1, 0.15) is 17.3 Å².